The predicted octanol–water partition coefficient (Wildman–Crippen LogP) is 1.96. The number of methoxy groups -OCH3 is 1. The van der Waals surface area contributed by atoms with Gasteiger partial charge in [-0.2, -0.15) is 0 Å². The third-order valence-corrected chi connectivity index (χ3v) is 4.41. The minimum Gasteiger partial charge on any atom is -0.497 e. The van der Waals surface area contributed by atoms with Crippen LogP contribution in [0.25, 0.3) is 11.0 Å². The molecular weight excluding hydrogens is 361 g/mol. The smallest absolute Gasteiger partial charge is 0.497 e. The SMILES string of the molecule is COc1ccc(CC(=O)N[C@H](Cc2coc3c(C)cccc23)OB(O)O)cc1. The number of rotatable bonds is 8. The number of nitrogens with one attached hydrogen (secondary N) is 1. The molecule has 0 radical (unpaired) electrons. The summed E-state index contributed by atoms with van der Waals surface area (Å²) in [6.45, 7) is 1.94. The maximum absolute atomic E-state index is 12.4. The third kappa shape index (κ3) is 4.92. The number of furan rings is 1. The molecule has 0 aliphatic rings. The quantitative estimate of drug-likeness (QED) is 0.406. The fourth-order valence-corrected chi connectivity index (χ4v) is 3.05. The first kappa shape index (κ1) is 19.9. The maximum atomic E-state index is 12.4. The van der Waals surface area contributed by atoms with Gasteiger partial charge in [0.05, 0.1) is 19.8 Å². The Morgan fingerprint density at radius 3 is 2.64 bits per heavy atom. The highest BCUT2D eigenvalue weighted by Gasteiger charge is 2.22. The van der Waals surface area contributed by atoms with E-state index in [-0.39, 0.29) is 18.7 Å². The number of carbonyl (C=O) groups is 1. The second-order valence-electron chi connectivity index (χ2n) is 6.46. The van der Waals surface area contributed by atoms with Gasteiger partial charge in [-0.25, -0.2) is 0 Å². The summed E-state index contributed by atoms with van der Waals surface area (Å²) in [5.74, 6) is 0.399. The Labute approximate surface area is 163 Å². The highest BCUT2D eigenvalue weighted by atomic mass is 16.6. The number of fused-ring (bicyclic) bond motifs is 1. The minimum absolute atomic E-state index is 0.122. The van der Waals surface area contributed by atoms with Crippen LogP contribution in [0.1, 0.15) is 16.7 Å². The van der Waals surface area contributed by atoms with Crippen molar-refractivity contribution in [3.8, 4) is 5.75 Å². The van der Waals surface area contributed by atoms with Crippen molar-refractivity contribution in [2.45, 2.75) is 26.0 Å². The van der Waals surface area contributed by atoms with Crippen LogP contribution in [0.15, 0.2) is 53.1 Å². The Balaban J connectivity index is 1.70. The highest BCUT2D eigenvalue weighted by Crippen LogP contribution is 2.25. The molecule has 0 saturated carbocycles. The number of ether oxygens (including phenoxy) is 1. The summed E-state index contributed by atoms with van der Waals surface area (Å²) >= 11 is 0. The maximum Gasteiger partial charge on any atom is 0.635 e. The zero-order valence-corrected chi connectivity index (χ0v) is 15.7. The summed E-state index contributed by atoms with van der Waals surface area (Å²) < 4.78 is 15.8. The second kappa shape index (κ2) is 8.92. The van der Waals surface area contributed by atoms with E-state index in [2.05, 4.69) is 5.32 Å². The fourth-order valence-electron chi connectivity index (χ4n) is 3.05. The van der Waals surface area contributed by atoms with E-state index < -0.39 is 13.5 Å². The van der Waals surface area contributed by atoms with Crippen LogP contribution in [0.4, 0.5) is 0 Å². The van der Waals surface area contributed by atoms with Gasteiger partial charge < -0.3 is 29.2 Å². The summed E-state index contributed by atoms with van der Waals surface area (Å²) in [7, 11) is -0.434. The van der Waals surface area contributed by atoms with E-state index in [0.29, 0.717) is 5.75 Å². The first-order valence-electron chi connectivity index (χ1n) is 8.86. The average molecular weight is 383 g/mol. The van der Waals surface area contributed by atoms with Crippen LogP contribution in [0, 0.1) is 6.92 Å². The molecule has 0 aliphatic heterocycles. The van der Waals surface area contributed by atoms with Gasteiger partial charge in [0.1, 0.15) is 17.6 Å². The molecule has 0 bridgehead atoms. The van der Waals surface area contributed by atoms with E-state index in [0.717, 1.165) is 27.7 Å². The molecule has 146 valence electrons. The predicted molar refractivity (Wildman–Crippen MR) is 105 cm³/mol. The topological polar surface area (TPSA) is 101 Å². The van der Waals surface area contributed by atoms with Crippen molar-refractivity contribution in [2.24, 2.45) is 0 Å². The van der Waals surface area contributed by atoms with E-state index in [4.69, 9.17) is 13.8 Å². The number of carbonyl (C=O) groups excluding carboxylic acids is 1. The lowest BCUT2D eigenvalue weighted by Crippen LogP contribution is -2.43. The van der Waals surface area contributed by atoms with E-state index >= 15 is 0 Å². The molecule has 0 aliphatic carbocycles. The molecule has 2 aromatic carbocycles. The standard InChI is InChI=1S/C20H22BNO6/c1-13-4-3-5-17-15(12-27-20(13)17)11-19(28-21(24)25)22-18(23)10-14-6-8-16(26-2)9-7-14/h3-9,12,19,24-25H,10-11H2,1-2H3,(H,22,23)/t19-/m0/s1. The van der Waals surface area contributed by atoms with Crippen LogP contribution < -0.4 is 10.1 Å². The van der Waals surface area contributed by atoms with Crippen molar-refractivity contribution in [2.75, 3.05) is 7.11 Å². The van der Waals surface area contributed by atoms with Gasteiger partial charge in [0, 0.05) is 17.4 Å². The van der Waals surface area contributed by atoms with Crippen LogP contribution in [-0.4, -0.2) is 36.6 Å². The molecule has 0 unspecified atom stereocenters. The summed E-state index contributed by atoms with van der Waals surface area (Å²) in [6, 6.07) is 12.9. The van der Waals surface area contributed by atoms with Gasteiger partial charge in [0.15, 0.2) is 0 Å². The zero-order valence-electron chi connectivity index (χ0n) is 15.7. The van der Waals surface area contributed by atoms with Gasteiger partial charge in [-0.3, -0.25) is 4.79 Å². The van der Waals surface area contributed by atoms with Crippen molar-refractivity contribution in [3.05, 3.63) is 65.4 Å². The lowest BCUT2D eigenvalue weighted by molar-refractivity contribution is -0.123. The molecule has 3 aromatic rings. The van der Waals surface area contributed by atoms with Gasteiger partial charge in [0.25, 0.3) is 0 Å². The third-order valence-electron chi connectivity index (χ3n) is 4.41. The lowest BCUT2D eigenvalue weighted by Gasteiger charge is -2.19. The summed E-state index contributed by atoms with van der Waals surface area (Å²) in [4.78, 5) is 12.4. The van der Waals surface area contributed by atoms with Crippen LogP contribution in [-0.2, 0) is 22.3 Å². The molecule has 0 spiro atoms. The molecule has 7 nitrogen and oxygen atoms in total. The Morgan fingerprint density at radius 1 is 1.21 bits per heavy atom. The Hall–Kier alpha value is -2.81. The molecule has 1 aromatic heterocycles. The summed E-state index contributed by atoms with van der Waals surface area (Å²) in [6.07, 6.45) is 1.01. The first-order valence-corrected chi connectivity index (χ1v) is 8.86. The van der Waals surface area contributed by atoms with E-state index in [1.165, 1.54) is 0 Å². The fraction of sp³-hybridized carbons (Fsp3) is 0.250. The average Bonchev–Trinajstić information content (AvgIpc) is 3.06. The van der Waals surface area contributed by atoms with Crippen LogP contribution in [0.5, 0.6) is 5.75 Å². The van der Waals surface area contributed by atoms with Crippen LogP contribution in [0.3, 0.4) is 0 Å². The largest absolute Gasteiger partial charge is 0.635 e. The highest BCUT2D eigenvalue weighted by molar-refractivity contribution is 6.32. The molecule has 1 amide bonds. The Kier molecular flexibility index (Phi) is 6.36. The van der Waals surface area contributed by atoms with Crippen molar-refractivity contribution >= 4 is 24.2 Å². The lowest BCUT2D eigenvalue weighted by atomic mass is 10.1. The molecular formula is C20H22BNO6. The van der Waals surface area contributed by atoms with Crippen LogP contribution >= 0.6 is 0 Å². The van der Waals surface area contributed by atoms with Crippen molar-refractivity contribution in [3.63, 3.8) is 0 Å². The molecule has 1 heterocycles. The molecule has 0 saturated heterocycles. The molecule has 28 heavy (non-hydrogen) atoms. The van der Waals surface area contributed by atoms with Gasteiger partial charge in [-0.1, -0.05) is 30.3 Å². The molecule has 3 rings (SSSR count). The first-order chi connectivity index (χ1) is 13.5. The molecule has 3 N–H and O–H groups in total. The summed E-state index contributed by atoms with van der Waals surface area (Å²) in [5, 5.41) is 22.0. The van der Waals surface area contributed by atoms with E-state index in [1.54, 1.807) is 37.6 Å². The zero-order chi connectivity index (χ0) is 20.1. The minimum atomic E-state index is -2.01. The Morgan fingerprint density at radius 2 is 1.96 bits per heavy atom. The number of para-hydroxylation sites is 1. The molecule has 1 atom stereocenters. The number of hydrogen-bond acceptors (Lipinski definition) is 6. The van der Waals surface area contributed by atoms with Gasteiger partial charge >= 0.3 is 7.32 Å². The number of aryl methyl sites for hydroxylation is 1. The van der Waals surface area contributed by atoms with Gasteiger partial charge in [-0.15, -0.1) is 0 Å². The number of hydrogen-bond donors (Lipinski definition) is 3. The molecule has 8 heteroatoms. The second-order valence-corrected chi connectivity index (χ2v) is 6.46. The monoisotopic (exact) mass is 383 g/mol. The summed E-state index contributed by atoms with van der Waals surface area (Å²) in [5.41, 5.74) is 3.34. The van der Waals surface area contributed by atoms with Crippen molar-refractivity contribution in [1.82, 2.24) is 5.32 Å². The number of benzene rings is 2. The normalized spacial score (nSPS) is 12.0. The Bertz CT molecular complexity index is 938. The van der Waals surface area contributed by atoms with Crippen molar-refractivity contribution in [1.29, 1.82) is 0 Å². The van der Waals surface area contributed by atoms with E-state index in [9.17, 15) is 14.8 Å². The van der Waals surface area contributed by atoms with E-state index in [1.807, 2.05) is 25.1 Å². The van der Waals surface area contributed by atoms with Gasteiger partial charge in [-0.05, 0) is 30.2 Å². The molecule has 0 fully saturated rings. The number of amides is 1. The van der Waals surface area contributed by atoms with Crippen LogP contribution in [0.2, 0.25) is 0 Å². The van der Waals surface area contributed by atoms with Gasteiger partial charge in [0.2, 0.25) is 5.91 Å². The van der Waals surface area contributed by atoms with Crippen molar-refractivity contribution < 1.29 is 28.7 Å².